The summed E-state index contributed by atoms with van der Waals surface area (Å²) in [6.07, 6.45) is 6.08. The number of hydrogen-bond donors (Lipinski definition) is 3. The van der Waals surface area contributed by atoms with Crippen molar-refractivity contribution in [3.63, 3.8) is 0 Å². The molecule has 7 heteroatoms. The summed E-state index contributed by atoms with van der Waals surface area (Å²) in [5.74, 6) is 0.579. The number of H-pyrrole nitrogens is 1. The van der Waals surface area contributed by atoms with Crippen LogP contribution >= 0.6 is 0 Å². The summed E-state index contributed by atoms with van der Waals surface area (Å²) in [4.78, 5) is 4.86. The van der Waals surface area contributed by atoms with E-state index in [1.54, 1.807) is 12.1 Å². The van der Waals surface area contributed by atoms with Crippen molar-refractivity contribution >= 4 is 34.6 Å². The lowest BCUT2D eigenvalue weighted by molar-refractivity contribution is 0.410. The lowest BCUT2D eigenvalue weighted by Gasteiger charge is -2.20. The molecule has 0 fully saturated rings. The van der Waals surface area contributed by atoms with E-state index < -0.39 is 7.12 Å². The van der Waals surface area contributed by atoms with Gasteiger partial charge in [0.05, 0.1) is 17.2 Å². The van der Waals surface area contributed by atoms with Crippen LogP contribution in [0.4, 0.5) is 0 Å². The van der Waals surface area contributed by atoms with Gasteiger partial charge >= 0.3 is 7.12 Å². The number of benzene rings is 1. The van der Waals surface area contributed by atoms with Crippen LogP contribution in [0.1, 0.15) is 24.0 Å². The monoisotopic (exact) mass is 333 g/mol. The SMILES string of the molecule is OB(O)c1ccc(-c2nc3ccc4[nH]ncc4c3c3c2CCCC3)o1. The zero-order chi connectivity index (χ0) is 17.0. The van der Waals surface area contributed by atoms with Crippen molar-refractivity contribution in [1.29, 1.82) is 0 Å². The minimum atomic E-state index is -1.62. The van der Waals surface area contributed by atoms with Crippen LogP contribution in [0.2, 0.25) is 0 Å². The largest absolute Gasteiger partial charge is 0.526 e. The Balaban J connectivity index is 1.83. The maximum absolute atomic E-state index is 9.32. The summed E-state index contributed by atoms with van der Waals surface area (Å²) < 4.78 is 5.64. The highest BCUT2D eigenvalue weighted by Gasteiger charge is 2.24. The Kier molecular flexibility index (Phi) is 3.19. The van der Waals surface area contributed by atoms with Crippen LogP contribution in [0.3, 0.4) is 0 Å². The van der Waals surface area contributed by atoms with Gasteiger partial charge in [-0.15, -0.1) is 0 Å². The molecule has 3 N–H and O–H groups in total. The molecular weight excluding hydrogens is 317 g/mol. The maximum Gasteiger partial charge on any atom is 0.526 e. The lowest BCUT2D eigenvalue weighted by Crippen LogP contribution is -2.27. The minimum Gasteiger partial charge on any atom is -0.463 e. The van der Waals surface area contributed by atoms with Crippen LogP contribution in [-0.2, 0) is 12.8 Å². The highest BCUT2D eigenvalue weighted by atomic mass is 16.4. The first kappa shape index (κ1) is 14.7. The number of rotatable bonds is 2. The van der Waals surface area contributed by atoms with Gasteiger partial charge in [-0.25, -0.2) is 4.98 Å². The van der Waals surface area contributed by atoms with Gasteiger partial charge in [0.25, 0.3) is 0 Å². The smallest absolute Gasteiger partial charge is 0.463 e. The molecule has 25 heavy (non-hydrogen) atoms. The standard InChI is InChI=1S/C18H16BN3O3/c23-19(24)16-8-7-15(25-16)18-11-4-2-1-3-10(11)17-12-9-20-22-13(12)5-6-14(17)21-18/h5-9,23-24H,1-4H2,(H,20,22). The third-order valence-corrected chi connectivity index (χ3v) is 5.00. The van der Waals surface area contributed by atoms with Gasteiger partial charge in [-0.3, -0.25) is 5.10 Å². The van der Waals surface area contributed by atoms with Gasteiger partial charge < -0.3 is 14.5 Å². The van der Waals surface area contributed by atoms with E-state index in [1.165, 1.54) is 16.5 Å². The highest BCUT2D eigenvalue weighted by Crippen LogP contribution is 2.37. The van der Waals surface area contributed by atoms with E-state index in [0.29, 0.717) is 5.76 Å². The molecule has 0 saturated carbocycles. The second kappa shape index (κ2) is 5.44. The normalized spacial score (nSPS) is 14.2. The molecule has 3 aromatic heterocycles. The number of hydrogen-bond acceptors (Lipinski definition) is 5. The Bertz CT molecular complexity index is 1100. The molecule has 1 aromatic carbocycles. The first-order valence-electron chi connectivity index (χ1n) is 8.46. The molecule has 6 nitrogen and oxygen atoms in total. The van der Waals surface area contributed by atoms with Crippen molar-refractivity contribution in [2.75, 3.05) is 0 Å². The van der Waals surface area contributed by atoms with Crippen LogP contribution in [0, 0.1) is 0 Å². The Hall–Kier alpha value is -2.64. The van der Waals surface area contributed by atoms with Crippen molar-refractivity contribution in [2.24, 2.45) is 0 Å². The van der Waals surface area contributed by atoms with E-state index >= 15 is 0 Å². The maximum atomic E-state index is 9.32. The molecule has 0 radical (unpaired) electrons. The van der Waals surface area contributed by atoms with Gasteiger partial charge in [-0.1, -0.05) is 0 Å². The molecule has 0 amide bonds. The molecule has 0 spiro atoms. The first-order chi connectivity index (χ1) is 12.2. The Morgan fingerprint density at radius 3 is 2.68 bits per heavy atom. The van der Waals surface area contributed by atoms with E-state index in [-0.39, 0.29) is 5.66 Å². The number of pyridine rings is 1. The third kappa shape index (κ3) is 2.20. The zero-order valence-corrected chi connectivity index (χ0v) is 13.5. The molecule has 0 unspecified atom stereocenters. The van der Waals surface area contributed by atoms with Gasteiger partial charge in [0.15, 0.2) is 5.76 Å². The van der Waals surface area contributed by atoms with Crippen molar-refractivity contribution < 1.29 is 14.5 Å². The van der Waals surface area contributed by atoms with Gasteiger partial charge in [-0.05, 0) is 61.1 Å². The number of nitrogens with zero attached hydrogens (tertiary/aromatic N) is 2. The quantitative estimate of drug-likeness (QED) is 0.487. The number of furan rings is 1. The average molecular weight is 333 g/mol. The molecule has 1 aliphatic rings. The minimum absolute atomic E-state index is 0.131. The van der Waals surface area contributed by atoms with E-state index in [0.717, 1.165) is 47.8 Å². The van der Waals surface area contributed by atoms with Crippen LogP contribution in [0.15, 0.2) is 34.9 Å². The molecule has 1 aliphatic carbocycles. The lowest BCUT2D eigenvalue weighted by atomic mass is 9.86. The van der Waals surface area contributed by atoms with Crippen LogP contribution in [-0.4, -0.2) is 32.3 Å². The molecule has 124 valence electrons. The van der Waals surface area contributed by atoms with Gasteiger partial charge in [0.1, 0.15) is 11.4 Å². The predicted molar refractivity (Wildman–Crippen MR) is 95.6 cm³/mol. The first-order valence-corrected chi connectivity index (χ1v) is 8.46. The summed E-state index contributed by atoms with van der Waals surface area (Å²) in [6, 6.07) is 7.33. The molecule has 4 aromatic rings. The van der Waals surface area contributed by atoms with E-state index in [9.17, 15) is 10.0 Å². The fourth-order valence-corrected chi connectivity index (χ4v) is 3.87. The molecular formula is C18H16BN3O3. The van der Waals surface area contributed by atoms with Crippen molar-refractivity contribution in [3.05, 3.63) is 41.6 Å². The number of aromatic nitrogens is 3. The van der Waals surface area contributed by atoms with Crippen LogP contribution < -0.4 is 5.66 Å². The number of aryl methyl sites for hydroxylation is 1. The third-order valence-electron chi connectivity index (χ3n) is 5.00. The van der Waals surface area contributed by atoms with E-state index in [2.05, 4.69) is 10.2 Å². The average Bonchev–Trinajstić information content (AvgIpc) is 3.30. The van der Waals surface area contributed by atoms with Crippen molar-refractivity contribution in [3.8, 4) is 11.5 Å². The second-order valence-electron chi connectivity index (χ2n) is 6.49. The molecule has 0 atom stereocenters. The second-order valence-corrected chi connectivity index (χ2v) is 6.49. The molecule has 3 heterocycles. The van der Waals surface area contributed by atoms with Crippen LogP contribution in [0.5, 0.6) is 0 Å². The summed E-state index contributed by atoms with van der Waals surface area (Å²) in [5, 5.41) is 28.1. The molecule has 0 aliphatic heterocycles. The van der Waals surface area contributed by atoms with Gasteiger partial charge in [-0.2, -0.15) is 5.10 Å². The van der Waals surface area contributed by atoms with Gasteiger partial charge in [0, 0.05) is 10.8 Å². The Morgan fingerprint density at radius 1 is 1.04 bits per heavy atom. The van der Waals surface area contributed by atoms with Crippen molar-refractivity contribution in [2.45, 2.75) is 25.7 Å². The summed E-state index contributed by atoms with van der Waals surface area (Å²) in [7, 11) is -1.62. The number of aromatic amines is 1. The summed E-state index contributed by atoms with van der Waals surface area (Å²) >= 11 is 0. The molecule has 5 rings (SSSR count). The summed E-state index contributed by atoms with van der Waals surface area (Å²) in [5.41, 5.74) is 5.36. The molecule has 0 saturated heterocycles. The predicted octanol–water partition coefficient (Wildman–Crippen LogP) is 1.93. The van der Waals surface area contributed by atoms with Crippen LogP contribution in [0.25, 0.3) is 33.3 Å². The molecule has 0 bridgehead atoms. The van der Waals surface area contributed by atoms with Crippen molar-refractivity contribution in [1.82, 2.24) is 15.2 Å². The zero-order valence-electron chi connectivity index (χ0n) is 13.5. The number of fused-ring (bicyclic) bond motifs is 5. The number of nitrogens with one attached hydrogen (secondary N) is 1. The fraction of sp³-hybridized carbons (Fsp3) is 0.222. The Morgan fingerprint density at radius 2 is 1.88 bits per heavy atom. The fourth-order valence-electron chi connectivity index (χ4n) is 3.87. The van der Waals surface area contributed by atoms with E-state index in [1.807, 2.05) is 18.3 Å². The van der Waals surface area contributed by atoms with Gasteiger partial charge in [0.2, 0.25) is 0 Å². The topological polar surface area (TPSA) is 95.2 Å². The Labute approximate surface area is 143 Å². The van der Waals surface area contributed by atoms with E-state index in [4.69, 9.17) is 9.40 Å². The highest BCUT2D eigenvalue weighted by molar-refractivity contribution is 6.57. The summed E-state index contributed by atoms with van der Waals surface area (Å²) in [6.45, 7) is 0.